The van der Waals surface area contributed by atoms with Crippen LogP contribution in [0.2, 0.25) is 0 Å². The normalized spacial score (nSPS) is 14.3. The van der Waals surface area contributed by atoms with Crippen LogP contribution >= 0.6 is 0 Å². The van der Waals surface area contributed by atoms with Crippen LogP contribution in [0.4, 0.5) is 30.5 Å². The summed E-state index contributed by atoms with van der Waals surface area (Å²) in [7, 11) is 4.33. The van der Waals surface area contributed by atoms with E-state index in [9.17, 15) is 22.8 Å². The zero-order chi connectivity index (χ0) is 35.3. The first-order valence-corrected chi connectivity index (χ1v) is 16.2. The van der Waals surface area contributed by atoms with Gasteiger partial charge in [-0.3, -0.25) is 14.6 Å². The van der Waals surface area contributed by atoms with Crippen molar-refractivity contribution in [2.24, 2.45) is 0 Å². The van der Waals surface area contributed by atoms with Crippen LogP contribution in [0.5, 0.6) is 0 Å². The van der Waals surface area contributed by atoms with Crippen molar-refractivity contribution >= 4 is 40.2 Å². The molecule has 1 saturated heterocycles. The Morgan fingerprint density at radius 2 is 1.80 bits per heavy atom. The Labute approximate surface area is 287 Å². The number of hydrogen-bond acceptors (Lipinski definition) is 8. The SMILES string of the molecule is CN1CCC(N(C)c2ccc(Nc3ncc4cc(/C=C/CNC(=O)c5cccn(Cc6ccc(C(F)(F)F)nc6)c5=O)ccc4n3)cc2)CC1. The molecule has 4 heterocycles. The van der Waals surface area contributed by atoms with Crippen LogP contribution in [0.3, 0.4) is 0 Å². The van der Waals surface area contributed by atoms with Crippen LogP contribution in [-0.4, -0.2) is 70.1 Å². The number of benzene rings is 2. The number of carbonyl (C=O) groups excluding carboxylic acids is 1. The second kappa shape index (κ2) is 14.9. The monoisotopic (exact) mass is 682 g/mol. The summed E-state index contributed by atoms with van der Waals surface area (Å²) >= 11 is 0. The van der Waals surface area contributed by atoms with E-state index in [1.807, 2.05) is 36.4 Å². The molecule has 13 heteroatoms. The first-order valence-electron chi connectivity index (χ1n) is 16.2. The Hall–Kier alpha value is -5.56. The number of alkyl halides is 3. The van der Waals surface area contributed by atoms with E-state index in [2.05, 4.69) is 61.6 Å². The van der Waals surface area contributed by atoms with Crippen LogP contribution in [0.25, 0.3) is 17.0 Å². The molecule has 1 aliphatic rings. The van der Waals surface area contributed by atoms with Crippen molar-refractivity contribution in [2.45, 2.75) is 31.6 Å². The third-order valence-electron chi connectivity index (χ3n) is 8.79. The lowest BCUT2D eigenvalue weighted by Crippen LogP contribution is -2.41. The van der Waals surface area contributed by atoms with Gasteiger partial charge in [0.25, 0.3) is 11.5 Å². The third kappa shape index (κ3) is 8.35. The maximum atomic E-state index is 12.9. The number of pyridine rings is 2. The summed E-state index contributed by atoms with van der Waals surface area (Å²) in [6.07, 6.45) is 5.66. The second-order valence-corrected chi connectivity index (χ2v) is 12.3. The Balaban J connectivity index is 1.02. The molecule has 0 aliphatic carbocycles. The number of likely N-dealkylation sites (tertiary alicyclic amines) is 1. The van der Waals surface area contributed by atoms with Crippen LogP contribution in [-0.2, 0) is 12.7 Å². The molecule has 10 nitrogen and oxygen atoms in total. The molecule has 5 aromatic rings. The molecule has 2 N–H and O–H groups in total. The predicted molar refractivity (Wildman–Crippen MR) is 189 cm³/mol. The minimum atomic E-state index is -4.55. The van der Waals surface area contributed by atoms with Crippen LogP contribution in [0.1, 0.15) is 40.0 Å². The highest BCUT2D eigenvalue weighted by Crippen LogP contribution is 2.27. The van der Waals surface area contributed by atoms with E-state index < -0.39 is 23.3 Å². The molecule has 3 aromatic heterocycles. The van der Waals surface area contributed by atoms with E-state index in [0.717, 1.165) is 60.3 Å². The summed E-state index contributed by atoms with van der Waals surface area (Å²) in [6, 6.07) is 19.7. The third-order valence-corrected chi connectivity index (χ3v) is 8.79. The number of carbonyl (C=O) groups is 1. The summed E-state index contributed by atoms with van der Waals surface area (Å²) in [6.45, 7) is 2.37. The van der Waals surface area contributed by atoms with Crippen molar-refractivity contribution < 1.29 is 18.0 Å². The molecular formula is C37H37F3N8O2. The fourth-order valence-corrected chi connectivity index (χ4v) is 5.88. The summed E-state index contributed by atoms with van der Waals surface area (Å²) in [5.74, 6) is -0.0682. The molecular weight excluding hydrogens is 645 g/mol. The van der Waals surface area contributed by atoms with Gasteiger partial charge in [0.1, 0.15) is 11.3 Å². The molecule has 2 aromatic carbocycles. The van der Waals surface area contributed by atoms with Crippen LogP contribution in [0, 0.1) is 0 Å². The highest BCUT2D eigenvalue weighted by atomic mass is 19.4. The molecule has 0 saturated carbocycles. The molecule has 6 rings (SSSR count). The molecule has 1 fully saturated rings. The lowest BCUT2D eigenvalue weighted by molar-refractivity contribution is -0.141. The summed E-state index contributed by atoms with van der Waals surface area (Å²) < 4.78 is 39.7. The molecule has 0 unspecified atom stereocenters. The van der Waals surface area contributed by atoms with E-state index in [0.29, 0.717) is 17.6 Å². The van der Waals surface area contributed by atoms with Gasteiger partial charge in [-0.05, 0) is 98.7 Å². The second-order valence-electron chi connectivity index (χ2n) is 12.3. The summed E-state index contributed by atoms with van der Waals surface area (Å²) in [5, 5.41) is 6.85. The molecule has 0 spiro atoms. The lowest BCUT2D eigenvalue weighted by atomic mass is 10.0. The average Bonchev–Trinajstić information content (AvgIpc) is 3.11. The fourth-order valence-electron chi connectivity index (χ4n) is 5.88. The van der Waals surface area contributed by atoms with Crippen molar-refractivity contribution in [1.82, 2.24) is 29.7 Å². The molecule has 0 bridgehead atoms. The van der Waals surface area contributed by atoms with Crippen molar-refractivity contribution in [3.8, 4) is 0 Å². The zero-order valence-electron chi connectivity index (χ0n) is 27.7. The maximum absolute atomic E-state index is 12.9. The number of amides is 1. The van der Waals surface area contributed by atoms with E-state index in [4.69, 9.17) is 0 Å². The van der Waals surface area contributed by atoms with Gasteiger partial charge >= 0.3 is 6.18 Å². The number of hydrogen-bond donors (Lipinski definition) is 2. The molecule has 0 radical (unpaired) electrons. The number of nitrogens with one attached hydrogen (secondary N) is 2. The minimum Gasteiger partial charge on any atom is -0.372 e. The van der Waals surface area contributed by atoms with Gasteiger partial charge in [-0.25, -0.2) is 9.97 Å². The number of fused-ring (bicyclic) bond motifs is 1. The molecule has 258 valence electrons. The molecule has 1 amide bonds. The number of piperidine rings is 1. The van der Waals surface area contributed by atoms with Crippen LogP contribution in [0.15, 0.2) is 96.2 Å². The van der Waals surface area contributed by atoms with Crippen LogP contribution < -0.4 is 21.1 Å². The Morgan fingerprint density at radius 1 is 1.02 bits per heavy atom. The van der Waals surface area contributed by atoms with Gasteiger partial charge in [0.15, 0.2) is 0 Å². The quantitative estimate of drug-likeness (QED) is 0.186. The molecule has 0 atom stereocenters. The predicted octanol–water partition coefficient (Wildman–Crippen LogP) is 5.97. The minimum absolute atomic E-state index is 0.0298. The Kier molecular flexibility index (Phi) is 10.2. The van der Waals surface area contributed by atoms with Gasteiger partial charge in [0.2, 0.25) is 5.95 Å². The van der Waals surface area contributed by atoms with E-state index in [-0.39, 0.29) is 18.7 Å². The van der Waals surface area contributed by atoms with Gasteiger partial charge in [-0.2, -0.15) is 13.2 Å². The number of rotatable bonds is 10. The highest BCUT2D eigenvalue weighted by molar-refractivity contribution is 5.94. The fraction of sp³-hybridized carbons (Fsp3) is 0.270. The standard InChI is InChI=1S/C37H37F3N8O2/c1-46-19-15-30(16-20-46)47(2)29-11-9-28(10-12-29)44-36-43-23-27-21-25(7-13-32(27)45-36)5-3-17-41-34(49)31-6-4-18-48(35(31)50)24-26-8-14-33(42-22-26)37(38,39)40/h3-14,18,21-23,30H,15-17,19-20,24H2,1-2H3,(H,41,49)(H,43,44,45)/b5-3+. The summed E-state index contributed by atoms with van der Waals surface area (Å²) in [4.78, 5) is 43.0. The van der Waals surface area contributed by atoms with Crippen molar-refractivity contribution in [1.29, 1.82) is 0 Å². The first-order chi connectivity index (χ1) is 24.0. The number of halogens is 3. The van der Waals surface area contributed by atoms with Gasteiger partial charge in [-0.1, -0.05) is 24.3 Å². The smallest absolute Gasteiger partial charge is 0.372 e. The van der Waals surface area contributed by atoms with Gasteiger partial charge in [0.05, 0.1) is 12.1 Å². The van der Waals surface area contributed by atoms with E-state index >= 15 is 0 Å². The van der Waals surface area contributed by atoms with Crippen molar-refractivity contribution in [3.63, 3.8) is 0 Å². The summed E-state index contributed by atoms with van der Waals surface area (Å²) in [5.41, 5.74) is 2.47. The van der Waals surface area contributed by atoms with Gasteiger partial charge in [-0.15, -0.1) is 0 Å². The topological polar surface area (TPSA) is 108 Å². The largest absolute Gasteiger partial charge is 0.433 e. The number of aromatic nitrogens is 4. The Morgan fingerprint density at radius 3 is 2.52 bits per heavy atom. The van der Waals surface area contributed by atoms with Crippen molar-refractivity contribution in [2.75, 3.05) is 43.9 Å². The lowest BCUT2D eigenvalue weighted by Gasteiger charge is -2.36. The maximum Gasteiger partial charge on any atom is 0.433 e. The number of nitrogens with zero attached hydrogens (tertiary/aromatic N) is 6. The average molecular weight is 683 g/mol. The van der Waals surface area contributed by atoms with Crippen molar-refractivity contribution in [3.05, 3.63) is 124 Å². The number of anilines is 3. The van der Waals surface area contributed by atoms with E-state index in [1.165, 1.54) is 34.7 Å². The van der Waals surface area contributed by atoms with Gasteiger partial charge < -0.3 is 25.0 Å². The molecule has 1 aliphatic heterocycles. The molecule has 50 heavy (non-hydrogen) atoms. The zero-order valence-corrected chi connectivity index (χ0v) is 27.7. The highest BCUT2D eigenvalue weighted by Gasteiger charge is 2.32. The van der Waals surface area contributed by atoms with E-state index in [1.54, 1.807) is 12.3 Å². The Bertz CT molecular complexity index is 2040. The first kappa shape index (κ1) is 34.3. The van der Waals surface area contributed by atoms with Gasteiger partial charge in [0, 0.05) is 55.0 Å².